The number of fused-ring (bicyclic) bond motifs is 6. The molecule has 2 aliphatic carbocycles. The number of rotatable bonds is 9. The lowest BCUT2D eigenvalue weighted by atomic mass is 9.76. The highest BCUT2D eigenvalue weighted by Crippen LogP contribution is 2.54. The van der Waals surface area contributed by atoms with Gasteiger partial charge in [-0.15, -0.1) is 0 Å². The first-order valence-corrected chi connectivity index (χ1v) is 23.7. The molecule has 53 heavy (non-hydrogen) atoms. The zero-order chi connectivity index (χ0) is 36.1. The van der Waals surface area contributed by atoms with Gasteiger partial charge in [-0.05, 0) is 135 Å². The van der Waals surface area contributed by atoms with Crippen LogP contribution in [0.5, 0.6) is 5.75 Å². The van der Waals surface area contributed by atoms with Crippen LogP contribution in [0.15, 0.2) is 34.1 Å². The Kier molecular flexibility index (Phi) is 9.07. The maximum atomic E-state index is 15.3. The van der Waals surface area contributed by atoms with E-state index in [-0.39, 0.29) is 81.8 Å². The van der Waals surface area contributed by atoms with E-state index >= 15 is 8.42 Å². The van der Waals surface area contributed by atoms with Crippen molar-refractivity contribution >= 4 is 20.2 Å². The Labute approximate surface area is 314 Å². The van der Waals surface area contributed by atoms with Crippen LogP contribution in [0.1, 0.15) is 179 Å². The zero-order valence-corrected chi connectivity index (χ0v) is 32.3. The number of ether oxygens (including phenoxy) is 3. The molecule has 9 atom stereocenters. The molecule has 2 saturated carbocycles. The molecule has 9 unspecified atom stereocenters. The van der Waals surface area contributed by atoms with Crippen LogP contribution in [0.25, 0.3) is 0 Å². The summed E-state index contributed by atoms with van der Waals surface area (Å²) in [5, 5.41) is 0. The van der Waals surface area contributed by atoms with Gasteiger partial charge >= 0.3 is 10.1 Å². The van der Waals surface area contributed by atoms with Gasteiger partial charge in [-0.25, -0.2) is 0 Å². The third-order valence-corrected chi connectivity index (χ3v) is 17.0. The maximum Gasteiger partial charge on any atom is 0.339 e. The Balaban J connectivity index is 1.13. The van der Waals surface area contributed by atoms with Crippen molar-refractivity contribution in [2.75, 3.05) is 0 Å². The SMILES string of the molecule is O=S(=O)(O)c1c(C2CCCCC2)cc(OS(=O)(=O)c2c(C3CC4CCC3O4)cc(C3CC4CCC3O4)cc2C2CC3CCC2O3)cc1C1CCCCC1. The summed E-state index contributed by atoms with van der Waals surface area (Å²) in [4.78, 5) is 0.253. The van der Waals surface area contributed by atoms with Crippen molar-refractivity contribution in [2.45, 2.75) is 198 Å². The van der Waals surface area contributed by atoms with Gasteiger partial charge in [-0.1, -0.05) is 50.7 Å². The minimum Gasteiger partial charge on any atom is -0.379 e. The summed E-state index contributed by atoms with van der Waals surface area (Å²) in [6.45, 7) is 0. The second-order valence-corrected chi connectivity index (χ2v) is 20.6. The zero-order valence-electron chi connectivity index (χ0n) is 30.6. The van der Waals surface area contributed by atoms with Gasteiger partial charge in [0.25, 0.3) is 10.1 Å². The third-order valence-electron chi connectivity index (χ3n) is 14.6. The van der Waals surface area contributed by atoms with E-state index in [9.17, 15) is 13.0 Å². The average molecular weight is 767 g/mol. The molecule has 9 nitrogen and oxygen atoms in total. The molecule has 0 aromatic heterocycles. The van der Waals surface area contributed by atoms with Crippen molar-refractivity contribution in [3.8, 4) is 5.75 Å². The first-order chi connectivity index (χ1) is 25.6. The van der Waals surface area contributed by atoms with Gasteiger partial charge < -0.3 is 18.4 Å². The fraction of sp³-hybridized carbons (Fsp3) is 0.714. The highest BCUT2D eigenvalue weighted by molar-refractivity contribution is 7.87. The summed E-state index contributed by atoms with van der Waals surface area (Å²) in [6, 6.07) is 7.59. The van der Waals surface area contributed by atoms with Crippen LogP contribution in [0, 0.1) is 0 Å². The van der Waals surface area contributed by atoms with Gasteiger partial charge in [0, 0.05) is 17.8 Å². The van der Waals surface area contributed by atoms with Crippen LogP contribution < -0.4 is 4.18 Å². The van der Waals surface area contributed by atoms with E-state index < -0.39 is 20.2 Å². The molecule has 10 rings (SSSR count). The van der Waals surface area contributed by atoms with Gasteiger partial charge in [0.05, 0.1) is 36.6 Å². The van der Waals surface area contributed by atoms with E-state index in [1.165, 1.54) is 5.56 Å². The Bertz CT molecular complexity index is 1880. The molecule has 11 heteroatoms. The molecule has 288 valence electrons. The fourth-order valence-electron chi connectivity index (χ4n) is 12.3. The van der Waals surface area contributed by atoms with E-state index in [0.29, 0.717) is 11.1 Å². The quantitative estimate of drug-likeness (QED) is 0.197. The van der Waals surface area contributed by atoms with Gasteiger partial charge in [0.2, 0.25) is 0 Å². The smallest absolute Gasteiger partial charge is 0.339 e. The first kappa shape index (κ1) is 35.4. The Morgan fingerprint density at radius 2 is 0.943 bits per heavy atom. The molecule has 2 aromatic carbocycles. The lowest BCUT2D eigenvalue weighted by molar-refractivity contribution is 0.0996. The Hall–Kier alpha value is -2.02. The summed E-state index contributed by atoms with van der Waals surface area (Å²) in [7, 11) is -9.01. The highest BCUT2D eigenvalue weighted by Gasteiger charge is 2.49. The van der Waals surface area contributed by atoms with Crippen LogP contribution in [0.4, 0.5) is 0 Å². The molecule has 6 saturated heterocycles. The van der Waals surface area contributed by atoms with Crippen molar-refractivity contribution in [1.29, 1.82) is 0 Å². The molecule has 6 aliphatic heterocycles. The van der Waals surface area contributed by atoms with E-state index in [2.05, 4.69) is 12.1 Å². The minimum atomic E-state index is -4.58. The van der Waals surface area contributed by atoms with Gasteiger partial charge in [0.1, 0.15) is 15.5 Å². The Morgan fingerprint density at radius 1 is 0.509 bits per heavy atom. The molecule has 0 radical (unpaired) electrons. The number of hydrogen-bond acceptors (Lipinski definition) is 8. The predicted molar refractivity (Wildman–Crippen MR) is 198 cm³/mol. The van der Waals surface area contributed by atoms with Crippen molar-refractivity contribution in [1.82, 2.24) is 0 Å². The topological polar surface area (TPSA) is 125 Å². The average Bonchev–Trinajstić information content (AvgIpc) is 4.03. The van der Waals surface area contributed by atoms with Gasteiger partial charge in [-0.3, -0.25) is 4.55 Å². The Morgan fingerprint density at radius 3 is 1.32 bits per heavy atom. The molecule has 1 N–H and O–H groups in total. The number of benzene rings is 2. The first-order valence-electron chi connectivity index (χ1n) is 20.8. The van der Waals surface area contributed by atoms with E-state index in [0.717, 1.165) is 133 Å². The molecule has 0 amide bonds. The molecule has 0 spiro atoms. The van der Waals surface area contributed by atoms with Crippen LogP contribution in [0.3, 0.4) is 0 Å². The molecule has 6 heterocycles. The van der Waals surface area contributed by atoms with Crippen molar-refractivity contribution in [3.63, 3.8) is 0 Å². The van der Waals surface area contributed by atoms with E-state index in [4.69, 9.17) is 18.4 Å². The monoisotopic (exact) mass is 766 g/mol. The molecule has 2 aromatic rings. The second-order valence-electron chi connectivity index (χ2n) is 17.8. The lowest BCUT2D eigenvalue weighted by Gasteiger charge is -2.31. The van der Waals surface area contributed by atoms with E-state index in [1.807, 2.05) is 0 Å². The van der Waals surface area contributed by atoms with Crippen LogP contribution >= 0.6 is 0 Å². The summed E-state index contributed by atoms with van der Waals surface area (Å²) >= 11 is 0. The third kappa shape index (κ3) is 6.41. The standard InChI is InChI=1S/C42H54O9S2/c43-52(44,45)41-32(24-7-3-1-4-8-24)22-30(23-33(41)25-9-5-2-6-10-25)51-53(46,47)42-36(34-20-28-12-15-39(34)49-28)17-26(31-19-27-11-14-38(31)48-27)18-37(42)35-21-29-13-16-40(35)50-29/h17-18,22-25,27-29,31,34-35,38-40H,1-16,19-21H2,(H,43,44,45). The van der Waals surface area contributed by atoms with Crippen molar-refractivity contribution in [2.24, 2.45) is 0 Å². The summed E-state index contributed by atoms with van der Waals surface area (Å²) in [6.07, 6.45) is 18.3. The second kappa shape index (κ2) is 13.6. The van der Waals surface area contributed by atoms with Gasteiger partial charge in [0.15, 0.2) is 0 Å². The molecule has 8 fully saturated rings. The fourth-order valence-corrected chi connectivity index (χ4v) is 14.7. The predicted octanol–water partition coefficient (Wildman–Crippen LogP) is 8.90. The molecule has 8 aliphatic rings. The van der Waals surface area contributed by atoms with Gasteiger partial charge in [-0.2, -0.15) is 16.8 Å². The van der Waals surface area contributed by atoms with Crippen LogP contribution in [-0.4, -0.2) is 58.0 Å². The lowest BCUT2D eigenvalue weighted by Crippen LogP contribution is -2.26. The van der Waals surface area contributed by atoms with Crippen LogP contribution in [0.2, 0.25) is 0 Å². The van der Waals surface area contributed by atoms with E-state index in [1.54, 1.807) is 12.1 Å². The maximum absolute atomic E-state index is 15.3. The van der Waals surface area contributed by atoms with Crippen molar-refractivity contribution in [3.05, 3.63) is 52.1 Å². The minimum absolute atomic E-state index is 0.0156. The molecular weight excluding hydrogens is 713 g/mol. The summed E-state index contributed by atoms with van der Waals surface area (Å²) < 4.78 is 93.4. The highest BCUT2D eigenvalue weighted by atomic mass is 32.2. The number of hydrogen-bond donors (Lipinski definition) is 1. The molecular formula is C42H54O9S2. The normalized spacial score (nSPS) is 35.8. The van der Waals surface area contributed by atoms with Crippen LogP contribution in [-0.2, 0) is 34.4 Å². The van der Waals surface area contributed by atoms with Crippen molar-refractivity contribution < 1.29 is 39.8 Å². The summed E-state index contributed by atoms with van der Waals surface area (Å²) in [5.41, 5.74) is 3.81. The summed E-state index contributed by atoms with van der Waals surface area (Å²) in [5.74, 6) is 0.0677. The largest absolute Gasteiger partial charge is 0.379 e. The molecule has 6 bridgehead atoms.